The topological polar surface area (TPSA) is 223 Å². The zero-order valence-corrected chi connectivity index (χ0v) is 28.2. The lowest BCUT2D eigenvalue weighted by molar-refractivity contribution is -0.374. The average Bonchev–Trinajstić information content (AvgIpc) is 3.25. The van der Waals surface area contributed by atoms with Crippen LogP contribution in [0.1, 0.15) is 65.9 Å². The minimum absolute atomic E-state index is 0.123. The van der Waals surface area contributed by atoms with Gasteiger partial charge in [-0.25, -0.2) is 19.2 Å². The molecule has 2 aliphatic rings. The van der Waals surface area contributed by atoms with Gasteiger partial charge in [0.25, 0.3) is 0 Å². The molecule has 14 heteroatoms. The van der Waals surface area contributed by atoms with E-state index in [0.29, 0.717) is 18.8 Å². The molecule has 2 heterocycles. The number of carboxylic acid groups (broad SMARTS) is 3. The second-order valence-electron chi connectivity index (χ2n) is 13.1. The summed E-state index contributed by atoms with van der Waals surface area (Å²) in [6.07, 6.45) is -4.83. The van der Waals surface area contributed by atoms with Gasteiger partial charge in [0.15, 0.2) is 6.10 Å². The summed E-state index contributed by atoms with van der Waals surface area (Å²) < 4.78 is 22.0. The maximum atomic E-state index is 13.0. The Morgan fingerprint density at radius 3 is 2.20 bits per heavy atom. The van der Waals surface area contributed by atoms with Crippen LogP contribution in [-0.4, -0.2) is 96.8 Å². The fraction of sp³-hybridized carbons (Fsp3) is 0.571. The Labute approximate surface area is 284 Å². The lowest BCUT2D eigenvalue weighted by atomic mass is 9.89. The first kappa shape index (κ1) is 39.3. The van der Waals surface area contributed by atoms with Gasteiger partial charge in [-0.3, -0.25) is 4.79 Å². The molecule has 0 aliphatic carbocycles. The molecule has 0 unspecified atom stereocenters. The number of hydrogen-bond acceptors (Lipinski definition) is 11. The van der Waals surface area contributed by atoms with Crippen LogP contribution in [-0.2, 0) is 49.3 Å². The molecule has 3 rings (SSSR count). The molecule has 0 amide bonds. The van der Waals surface area contributed by atoms with Gasteiger partial charge in [0.05, 0.1) is 0 Å². The van der Waals surface area contributed by atoms with Crippen LogP contribution < -0.4 is 0 Å². The largest absolute Gasteiger partial charge is 0.479 e. The van der Waals surface area contributed by atoms with Crippen LogP contribution in [0.15, 0.2) is 54.6 Å². The molecule has 2 bridgehead atoms. The molecule has 1 aromatic carbocycles. The number of aliphatic hydroxyl groups excluding tert-OH is 1. The summed E-state index contributed by atoms with van der Waals surface area (Å²) in [4.78, 5) is 63.0. The standard InChI is InChI=1S/C35H46O14/c1-7-19(2)17-20(3)13-14-25(37)47-28-27(38)33(48-29(30(39)40)34(45,31(41)42)35(28,49-33)32(43)44)16-15-21(4)26(46-23(6)36)22(5)18-24-11-9-8-10-12-24/h8-14,19-20,22,26-29,38,45H,4,7,15-18H2,1-3,5-6H3,(H,39,40)(H,41,42)(H,43,44)/b14-13+/t19-,20+,22+,26+,27+,28+,29+,33-,34+,35-/m0/s1/i2+1,3+1,4+1,5+1,7+1,8+1,9+1,10+1,11+1,12+1,13+1,15+1,17+1,23+1,24+1,25+1,26+1,28+1,30+1,31+1,33+1. The van der Waals surface area contributed by atoms with Crippen molar-refractivity contribution < 1.29 is 68.5 Å². The zero-order chi connectivity index (χ0) is 36.9. The summed E-state index contributed by atoms with van der Waals surface area (Å²) in [5.41, 5.74) is -6.27. The van der Waals surface area contributed by atoms with Crippen LogP contribution in [0.25, 0.3) is 0 Å². The van der Waals surface area contributed by atoms with Crippen LogP contribution in [0.4, 0.5) is 0 Å². The van der Waals surface area contributed by atoms with Gasteiger partial charge < -0.3 is 44.5 Å². The van der Waals surface area contributed by atoms with Gasteiger partial charge >= 0.3 is 29.8 Å². The third-order valence-corrected chi connectivity index (χ3v) is 9.29. The smallest absolute Gasteiger partial charge is 0.344 e. The number of rotatable bonds is 17. The zero-order valence-electron chi connectivity index (χ0n) is 28.2. The van der Waals surface area contributed by atoms with E-state index in [4.69, 9.17) is 18.9 Å². The van der Waals surface area contributed by atoms with Crippen LogP contribution in [0.3, 0.4) is 0 Å². The Morgan fingerprint density at radius 1 is 1.04 bits per heavy atom. The highest BCUT2D eigenvalue weighted by Crippen LogP contribution is 2.56. The van der Waals surface area contributed by atoms with Gasteiger partial charge in [-0.2, -0.15) is 0 Å². The first-order chi connectivity index (χ1) is 22.9. The number of benzene rings is 1. The highest BCUT2D eigenvalue weighted by molar-refractivity contribution is 5.98. The van der Waals surface area contributed by atoms with Crippen LogP contribution in [0.5, 0.6) is 0 Å². The average molecular weight is 712 g/mol. The SMILES string of the molecule is C[13CH2][C@H]([13CH3])[13CH2][C@H]([13CH3])/[13CH]=C/[13C](=O)O[13C@@H]1[C@@H](O)[13C@@]2(C[13CH2]C(=[13CH2])[13C@@H](O[13C](C)=O)[C@H]([13CH3])C[13c]3[13cH][13cH][13cH][13cH][13cH]3)O[C@H]([13C](=O)O)[C@@](O)([13C](=O)O)[C@]1(C(=O)O)O2. The van der Waals surface area contributed by atoms with E-state index in [0.717, 1.165) is 18.1 Å². The summed E-state index contributed by atoms with van der Waals surface area (Å²) in [5.74, 6) is -11.3. The van der Waals surface area contributed by atoms with E-state index < -0.39 is 77.7 Å². The summed E-state index contributed by atoms with van der Waals surface area (Å²) in [5, 5.41) is 53.5. The molecule has 1 aromatic rings. The van der Waals surface area contributed by atoms with Crippen molar-refractivity contribution in [2.45, 2.75) is 108 Å². The monoisotopic (exact) mass is 711 g/mol. The molecular formula is C35H46O14. The molecule has 2 fully saturated rings. The second-order valence-corrected chi connectivity index (χ2v) is 13.1. The molecule has 10 atom stereocenters. The molecule has 14 nitrogen and oxygen atoms in total. The van der Waals surface area contributed by atoms with Crippen molar-refractivity contribution in [3.05, 3.63) is 60.2 Å². The number of carbonyl (C=O) groups is 5. The maximum absolute atomic E-state index is 13.0. The summed E-state index contributed by atoms with van der Waals surface area (Å²) in [6, 6.07) is 9.29. The summed E-state index contributed by atoms with van der Waals surface area (Å²) in [6.45, 7) is 12.9. The van der Waals surface area contributed by atoms with Crippen LogP contribution >= 0.6 is 0 Å². The number of aliphatic hydroxyl groups is 2. The lowest BCUT2D eigenvalue weighted by Gasteiger charge is -2.48. The first-order valence-corrected chi connectivity index (χ1v) is 16.1. The van der Waals surface area contributed by atoms with E-state index in [-0.39, 0.29) is 23.8 Å². The third-order valence-electron chi connectivity index (χ3n) is 9.29. The predicted molar refractivity (Wildman–Crippen MR) is 171 cm³/mol. The molecular weight excluding hydrogens is 665 g/mol. The second kappa shape index (κ2) is 15.6. The maximum Gasteiger partial charge on any atom is 0.344 e. The van der Waals surface area contributed by atoms with E-state index in [9.17, 15) is 49.5 Å². The number of esters is 2. The lowest BCUT2D eigenvalue weighted by Crippen LogP contribution is -2.78. The fourth-order valence-electron chi connectivity index (χ4n) is 6.58. The number of carboxylic acids is 3. The molecule has 2 aliphatic heterocycles. The first-order valence-electron chi connectivity index (χ1n) is 16.1. The van der Waals surface area contributed by atoms with Gasteiger partial charge in [-0.1, -0.05) is 77.1 Å². The van der Waals surface area contributed by atoms with Gasteiger partial charge in [-0.05, 0) is 42.2 Å². The van der Waals surface area contributed by atoms with Gasteiger partial charge in [0.1, 0.15) is 12.2 Å². The molecule has 2 saturated heterocycles. The normalized spacial score (nSPS) is 30.1. The van der Waals surface area contributed by atoms with Crippen molar-refractivity contribution in [1.82, 2.24) is 0 Å². The number of fused-ring (bicyclic) bond motifs is 2. The van der Waals surface area contributed by atoms with Crippen molar-refractivity contribution in [3.63, 3.8) is 0 Å². The van der Waals surface area contributed by atoms with E-state index >= 15 is 0 Å². The van der Waals surface area contributed by atoms with E-state index in [1.54, 1.807) is 6.92 Å². The van der Waals surface area contributed by atoms with Crippen molar-refractivity contribution >= 4 is 29.8 Å². The van der Waals surface area contributed by atoms with Crippen LogP contribution in [0.2, 0.25) is 0 Å². The van der Waals surface area contributed by atoms with E-state index in [1.165, 1.54) is 13.0 Å². The van der Waals surface area contributed by atoms with Gasteiger partial charge in [0.2, 0.25) is 23.1 Å². The number of aliphatic carboxylic acids is 3. The Morgan fingerprint density at radius 2 is 1.67 bits per heavy atom. The highest BCUT2D eigenvalue weighted by Gasteiger charge is 2.85. The molecule has 5 N–H and O–H groups in total. The Kier molecular flexibility index (Phi) is 12.5. The fourth-order valence-corrected chi connectivity index (χ4v) is 6.58. The highest BCUT2D eigenvalue weighted by atomic mass is 16.9. The molecule has 49 heavy (non-hydrogen) atoms. The molecule has 0 radical (unpaired) electrons. The minimum Gasteiger partial charge on any atom is -0.479 e. The van der Waals surface area contributed by atoms with Crippen molar-refractivity contribution in [2.24, 2.45) is 17.8 Å². The van der Waals surface area contributed by atoms with Crippen molar-refractivity contribution in [1.29, 1.82) is 0 Å². The summed E-state index contributed by atoms with van der Waals surface area (Å²) in [7, 11) is 0. The number of ether oxygens (including phenoxy) is 4. The Hall–Kier alpha value is -4.11. The molecule has 0 aromatic heterocycles. The van der Waals surface area contributed by atoms with Crippen LogP contribution in [0, 0.1) is 17.8 Å². The van der Waals surface area contributed by atoms with E-state index in [1.807, 2.05) is 51.1 Å². The Bertz CT molecular complexity index is 1440. The molecule has 270 valence electrons. The quantitative estimate of drug-likeness (QED) is 0.0679. The number of hydrogen-bond donors (Lipinski definition) is 5. The molecule has 0 saturated carbocycles. The third kappa shape index (κ3) is 7.88. The van der Waals surface area contributed by atoms with Gasteiger partial charge in [0, 0.05) is 25.3 Å². The van der Waals surface area contributed by atoms with Gasteiger partial charge in [-0.15, -0.1) is 0 Å². The number of allylic oxidation sites excluding steroid dienone is 1. The molecule has 0 spiro atoms. The summed E-state index contributed by atoms with van der Waals surface area (Å²) >= 11 is 0. The predicted octanol–water partition coefficient (Wildman–Crippen LogP) is 2.88. The van der Waals surface area contributed by atoms with Crippen molar-refractivity contribution in [3.8, 4) is 0 Å². The number of carbonyl (C=O) groups excluding carboxylic acids is 2. The van der Waals surface area contributed by atoms with Crippen molar-refractivity contribution in [2.75, 3.05) is 0 Å². The van der Waals surface area contributed by atoms with E-state index in [2.05, 4.69) is 6.58 Å². The Balaban J connectivity index is 2.02. The minimum atomic E-state index is -3.90.